The Morgan fingerprint density at radius 2 is 1.67 bits per heavy atom. The van der Waals surface area contributed by atoms with Crippen LogP contribution in [-0.4, -0.2) is 24.9 Å². The van der Waals surface area contributed by atoms with Gasteiger partial charge >= 0.3 is 0 Å². The van der Waals surface area contributed by atoms with Crippen molar-refractivity contribution < 1.29 is 18.4 Å². The maximum atomic E-state index is 13.2. The largest absolute Gasteiger partial charge is 0.352 e. The van der Waals surface area contributed by atoms with Crippen LogP contribution < -0.4 is 16.0 Å². The van der Waals surface area contributed by atoms with E-state index in [1.54, 1.807) is 12.1 Å². The predicted molar refractivity (Wildman–Crippen MR) is 97.7 cm³/mol. The molecule has 5 nitrogen and oxygen atoms in total. The Balaban J connectivity index is 1.52. The number of hydrogen-bond donors (Lipinski definition) is 3. The second-order valence-electron chi connectivity index (χ2n) is 6.63. The second kappa shape index (κ2) is 8.73. The molecule has 1 fully saturated rings. The smallest absolute Gasteiger partial charge is 0.228 e. The van der Waals surface area contributed by atoms with Gasteiger partial charge in [-0.2, -0.15) is 0 Å². The summed E-state index contributed by atoms with van der Waals surface area (Å²) < 4.78 is 26.1. The zero-order chi connectivity index (χ0) is 19.2. The molecule has 0 spiro atoms. The molecule has 0 aliphatic carbocycles. The normalized spacial score (nSPS) is 19.3. The minimum absolute atomic E-state index is 0.175. The summed E-state index contributed by atoms with van der Waals surface area (Å²) in [5.74, 6) is -1.83. The van der Waals surface area contributed by atoms with E-state index < -0.39 is 0 Å². The molecule has 1 heterocycles. The number of halogens is 2. The van der Waals surface area contributed by atoms with Crippen molar-refractivity contribution in [1.82, 2.24) is 10.6 Å². The molecule has 1 saturated heterocycles. The summed E-state index contributed by atoms with van der Waals surface area (Å²) in [5.41, 5.74) is 1.19. The van der Waals surface area contributed by atoms with Crippen LogP contribution in [0.5, 0.6) is 0 Å². The minimum Gasteiger partial charge on any atom is -0.352 e. The number of anilines is 1. The van der Waals surface area contributed by atoms with Gasteiger partial charge in [-0.3, -0.25) is 9.59 Å². The molecule has 0 bridgehead atoms. The number of piperidine rings is 1. The average molecular weight is 373 g/mol. The lowest BCUT2D eigenvalue weighted by molar-refractivity contribution is -0.127. The van der Waals surface area contributed by atoms with Gasteiger partial charge in [0.1, 0.15) is 11.6 Å². The van der Waals surface area contributed by atoms with Crippen LogP contribution in [-0.2, 0) is 16.1 Å². The highest BCUT2D eigenvalue weighted by Gasteiger charge is 2.31. The van der Waals surface area contributed by atoms with E-state index in [0.29, 0.717) is 30.8 Å². The van der Waals surface area contributed by atoms with Gasteiger partial charge in [-0.1, -0.05) is 12.1 Å². The molecular formula is C20H21F2N3O2. The Bertz CT molecular complexity index is 811. The van der Waals surface area contributed by atoms with Gasteiger partial charge < -0.3 is 16.0 Å². The number of hydrogen-bond acceptors (Lipinski definition) is 3. The van der Waals surface area contributed by atoms with Crippen molar-refractivity contribution in [1.29, 1.82) is 0 Å². The van der Waals surface area contributed by atoms with Gasteiger partial charge in [0, 0.05) is 25.3 Å². The number of carbonyl (C=O) groups is 2. The fraction of sp³-hybridized carbons (Fsp3) is 0.300. The van der Waals surface area contributed by atoms with Gasteiger partial charge in [0.05, 0.1) is 11.8 Å². The zero-order valence-corrected chi connectivity index (χ0v) is 14.7. The summed E-state index contributed by atoms with van der Waals surface area (Å²) in [6.07, 6.45) is 0.412. The molecule has 27 heavy (non-hydrogen) atoms. The van der Waals surface area contributed by atoms with Crippen molar-refractivity contribution in [3.63, 3.8) is 0 Å². The third kappa shape index (κ3) is 5.34. The van der Waals surface area contributed by atoms with Gasteiger partial charge in [0.2, 0.25) is 11.8 Å². The summed E-state index contributed by atoms with van der Waals surface area (Å²) in [5, 5.41) is 8.64. The Morgan fingerprint density at radius 1 is 0.963 bits per heavy atom. The quantitative estimate of drug-likeness (QED) is 0.754. The molecule has 3 rings (SSSR count). The highest BCUT2D eigenvalue weighted by atomic mass is 19.1. The third-order valence-corrected chi connectivity index (χ3v) is 4.56. The topological polar surface area (TPSA) is 70.2 Å². The Kier molecular flexibility index (Phi) is 6.13. The number of rotatable bonds is 5. The molecule has 0 radical (unpaired) electrons. The average Bonchev–Trinajstić information content (AvgIpc) is 2.68. The Hall–Kier alpha value is -2.80. The molecule has 2 amide bonds. The van der Waals surface area contributed by atoms with Crippen LogP contribution in [0.15, 0.2) is 48.5 Å². The standard InChI is InChI=1S/C20H21F2N3O2/c21-16-4-6-18(7-5-16)25-20(27)15-9-14(11-23-12-15)19(26)24-10-13-2-1-3-17(22)8-13/h1-8,14-15,23H,9-12H2,(H,24,26)(H,25,27)/t14-,15+/m0/s1. The highest BCUT2D eigenvalue weighted by Crippen LogP contribution is 2.19. The molecule has 2 aromatic carbocycles. The molecular weight excluding hydrogens is 352 g/mol. The first kappa shape index (κ1) is 19.0. The maximum absolute atomic E-state index is 13.2. The van der Waals surface area contributed by atoms with E-state index in [4.69, 9.17) is 0 Å². The SMILES string of the molecule is O=C(NCc1cccc(F)c1)[C@@H]1CNC[C@H](C(=O)Nc2ccc(F)cc2)C1. The summed E-state index contributed by atoms with van der Waals surface area (Å²) in [6.45, 7) is 1.19. The molecule has 0 aromatic heterocycles. The van der Waals surface area contributed by atoms with E-state index in [2.05, 4.69) is 16.0 Å². The lowest BCUT2D eigenvalue weighted by atomic mass is 9.89. The maximum Gasteiger partial charge on any atom is 0.228 e. The van der Waals surface area contributed by atoms with Crippen LogP contribution in [0.4, 0.5) is 14.5 Å². The van der Waals surface area contributed by atoms with Crippen LogP contribution in [0.2, 0.25) is 0 Å². The summed E-state index contributed by atoms with van der Waals surface area (Å²) >= 11 is 0. The second-order valence-corrected chi connectivity index (χ2v) is 6.63. The molecule has 0 saturated carbocycles. The fourth-order valence-electron chi connectivity index (χ4n) is 3.10. The van der Waals surface area contributed by atoms with Crippen LogP contribution in [0.1, 0.15) is 12.0 Å². The Labute approximate surface area is 156 Å². The first-order chi connectivity index (χ1) is 13.0. The van der Waals surface area contributed by atoms with Crippen molar-refractivity contribution in [3.8, 4) is 0 Å². The lowest BCUT2D eigenvalue weighted by Gasteiger charge is -2.28. The fourth-order valence-corrected chi connectivity index (χ4v) is 3.10. The third-order valence-electron chi connectivity index (χ3n) is 4.56. The van der Waals surface area contributed by atoms with Crippen molar-refractivity contribution in [2.45, 2.75) is 13.0 Å². The molecule has 7 heteroatoms. The van der Waals surface area contributed by atoms with E-state index in [1.165, 1.54) is 36.4 Å². The molecule has 1 aliphatic rings. The molecule has 142 valence electrons. The summed E-state index contributed by atoms with van der Waals surface area (Å²) in [7, 11) is 0. The number of amides is 2. The minimum atomic E-state index is -0.373. The molecule has 1 aliphatic heterocycles. The highest BCUT2D eigenvalue weighted by molar-refractivity contribution is 5.93. The number of nitrogens with one attached hydrogen (secondary N) is 3. The summed E-state index contributed by atoms with van der Waals surface area (Å²) in [4.78, 5) is 24.8. The van der Waals surface area contributed by atoms with Crippen molar-refractivity contribution in [2.24, 2.45) is 11.8 Å². The number of carbonyl (C=O) groups excluding carboxylic acids is 2. The van der Waals surface area contributed by atoms with Gasteiger partial charge in [-0.05, 0) is 48.4 Å². The first-order valence-corrected chi connectivity index (χ1v) is 8.80. The van der Waals surface area contributed by atoms with E-state index in [9.17, 15) is 18.4 Å². The molecule has 0 unspecified atom stereocenters. The van der Waals surface area contributed by atoms with E-state index in [0.717, 1.165) is 0 Å². The monoisotopic (exact) mass is 373 g/mol. The van der Waals surface area contributed by atoms with Crippen molar-refractivity contribution >= 4 is 17.5 Å². The van der Waals surface area contributed by atoms with Crippen molar-refractivity contribution in [2.75, 3.05) is 18.4 Å². The van der Waals surface area contributed by atoms with Crippen molar-refractivity contribution in [3.05, 3.63) is 65.7 Å². The molecule has 3 N–H and O–H groups in total. The summed E-state index contributed by atoms with van der Waals surface area (Å²) in [6, 6.07) is 11.6. The first-order valence-electron chi connectivity index (χ1n) is 8.80. The van der Waals surface area contributed by atoms with E-state index in [1.807, 2.05) is 0 Å². The number of benzene rings is 2. The van der Waals surface area contributed by atoms with Gasteiger partial charge in [-0.25, -0.2) is 8.78 Å². The molecule has 2 aromatic rings. The zero-order valence-electron chi connectivity index (χ0n) is 14.7. The van der Waals surface area contributed by atoms with Crippen LogP contribution in [0, 0.1) is 23.5 Å². The van der Waals surface area contributed by atoms with Crippen LogP contribution >= 0.6 is 0 Å². The van der Waals surface area contributed by atoms with Gasteiger partial charge in [0.15, 0.2) is 0 Å². The van der Waals surface area contributed by atoms with Gasteiger partial charge in [-0.15, -0.1) is 0 Å². The predicted octanol–water partition coefficient (Wildman–Crippen LogP) is 2.45. The van der Waals surface area contributed by atoms with E-state index in [-0.39, 0.29) is 41.8 Å². The Morgan fingerprint density at radius 3 is 2.37 bits per heavy atom. The van der Waals surface area contributed by atoms with E-state index >= 15 is 0 Å². The van der Waals surface area contributed by atoms with Crippen LogP contribution in [0.25, 0.3) is 0 Å². The molecule has 2 atom stereocenters. The lowest BCUT2D eigenvalue weighted by Crippen LogP contribution is -2.47. The van der Waals surface area contributed by atoms with Gasteiger partial charge in [0.25, 0.3) is 0 Å². The van der Waals surface area contributed by atoms with Crippen LogP contribution in [0.3, 0.4) is 0 Å².